The topological polar surface area (TPSA) is 60.2 Å². The number of nitrogens with zero attached hydrogens (tertiary/aromatic N) is 2. The minimum atomic E-state index is -0.857. The van der Waals surface area contributed by atoms with Crippen LogP contribution in [0.5, 0.6) is 0 Å². The van der Waals surface area contributed by atoms with Gasteiger partial charge in [0.05, 0.1) is 12.6 Å². The highest BCUT2D eigenvalue weighted by Crippen LogP contribution is 2.38. The molecule has 2 aromatic rings. The fraction of sp³-hybridized carbons (Fsp3) is 0.500. The van der Waals surface area contributed by atoms with Crippen molar-refractivity contribution in [1.82, 2.24) is 15.5 Å². The maximum atomic E-state index is 13.4. The molecule has 0 bridgehead atoms. The fourth-order valence-corrected chi connectivity index (χ4v) is 2.87. The van der Waals surface area contributed by atoms with Crippen molar-refractivity contribution in [2.24, 2.45) is 0 Å². The van der Waals surface area contributed by atoms with Crippen molar-refractivity contribution in [3.63, 3.8) is 0 Å². The number of ether oxygens (including phenoxy) is 1. The van der Waals surface area contributed by atoms with Gasteiger partial charge in [0.15, 0.2) is 17.5 Å². The molecule has 2 fully saturated rings. The van der Waals surface area contributed by atoms with Crippen LogP contribution in [-0.4, -0.2) is 22.8 Å². The van der Waals surface area contributed by atoms with E-state index in [-0.39, 0.29) is 12.1 Å². The Bertz CT molecular complexity index is 702. The van der Waals surface area contributed by atoms with Crippen molar-refractivity contribution >= 4 is 0 Å². The van der Waals surface area contributed by atoms with E-state index in [0.29, 0.717) is 36.3 Å². The molecule has 23 heavy (non-hydrogen) atoms. The van der Waals surface area contributed by atoms with Crippen molar-refractivity contribution in [2.75, 3.05) is 6.61 Å². The Morgan fingerprint density at radius 3 is 2.83 bits per heavy atom. The second kappa shape index (κ2) is 5.98. The Morgan fingerprint density at radius 2 is 2.04 bits per heavy atom. The first kappa shape index (κ1) is 14.7. The molecular weight excluding hydrogens is 304 g/mol. The number of halogens is 2. The molecule has 122 valence electrons. The summed E-state index contributed by atoms with van der Waals surface area (Å²) >= 11 is 0. The minimum Gasteiger partial charge on any atom is -0.372 e. The smallest absolute Gasteiger partial charge is 0.229 e. The summed E-state index contributed by atoms with van der Waals surface area (Å²) in [4.78, 5) is 4.37. The average molecular weight is 321 g/mol. The lowest BCUT2D eigenvalue weighted by Crippen LogP contribution is -2.31. The second-order valence-electron chi connectivity index (χ2n) is 6.06. The van der Waals surface area contributed by atoms with E-state index in [1.54, 1.807) is 6.07 Å². The summed E-state index contributed by atoms with van der Waals surface area (Å²) < 4.78 is 37.4. The largest absolute Gasteiger partial charge is 0.372 e. The maximum Gasteiger partial charge on any atom is 0.229 e. The molecular formula is C16H17F2N3O2. The lowest BCUT2D eigenvalue weighted by molar-refractivity contribution is 0.0979. The predicted molar refractivity (Wildman–Crippen MR) is 76.6 cm³/mol. The zero-order valence-electron chi connectivity index (χ0n) is 12.5. The maximum absolute atomic E-state index is 13.4. The molecule has 2 atom stereocenters. The zero-order chi connectivity index (χ0) is 15.8. The Morgan fingerprint density at radius 1 is 1.17 bits per heavy atom. The number of nitrogens with one attached hydrogen (secondary N) is 1. The van der Waals surface area contributed by atoms with E-state index < -0.39 is 11.6 Å². The normalized spacial score (nSPS) is 24.3. The summed E-state index contributed by atoms with van der Waals surface area (Å²) in [6, 6.07) is 3.88. The molecule has 5 nitrogen and oxygen atoms in total. The van der Waals surface area contributed by atoms with Crippen molar-refractivity contribution in [1.29, 1.82) is 0 Å². The molecule has 0 unspecified atom stereocenters. The van der Waals surface area contributed by atoms with E-state index >= 15 is 0 Å². The van der Waals surface area contributed by atoms with Gasteiger partial charge in [0.2, 0.25) is 5.89 Å². The molecule has 1 aliphatic carbocycles. The van der Waals surface area contributed by atoms with Crippen LogP contribution in [0.2, 0.25) is 0 Å². The van der Waals surface area contributed by atoms with Gasteiger partial charge >= 0.3 is 0 Å². The third-order valence-electron chi connectivity index (χ3n) is 4.30. The van der Waals surface area contributed by atoms with E-state index in [1.807, 2.05) is 0 Å². The van der Waals surface area contributed by atoms with Gasteiger partial charge in [-0.05, 0) is 37.0 Å². The summed E-state index contributed by atoms with van der Waals surface area (Å²) in [5.74, 6) is 0.0464. The molecule has 0 radical (unpaired) electrons. The Labute approximate surface area is 132 Å². The van der Waals surface area contributed by atoms with Crippen molar-refractivity contribution in [3.8, 4) is 0 Å². The van der Waals surface area contributed by atoms with E-state index in [4.69, 9.17) is 9.26 Å². The van der Waals surface area contributed by atoms with Gasteiger partial charge in [-0.2, -0.15) is 4.98 Å². The van der Waals surface area contributed by atoms with Crippen LogP contribution in [0.4, 0.5) is 8.78 Å². The number of hydrogen-bond acceptors (Lipinski definition) is 5. The molecule has 2 aliphatic rings. The summed E-state index contributed by atoms with van der Waals surface area (Å²) in [5.41, 5.74) is 0.630. The molecule has 1 aromatic carbocycles. The minimum absolute atomic E-state index is 0.00253. The highest BCUT2D eigenvalue weighted by molar-refractivity contribution is 5.22. The van der Waals surface area contributed by atoms with Crippen LogP contribution >= 0.6 is 0 Å². The number of aromatic nitrogens is 2. The molecule has 1 aliphatic heterocycles. The average Bonchev–Trinajstić information content (AvgIpc) is 3.10. The van der Waals surface area contributed by atoms with Gasteiger partial charge in [0.1, 0.15) is 0 Å². The zero-order valence-corrected chi connectivity index (χ0v) is 12.5. The quantitative estimate of drug-likeness (QED) is 0.917. The van der Waals surface area contributed by atoms with Crippen molar-refractivity contribution in [2.45, 2.75) is 43.9 Å². The Balaban J connectivity index is 1.41. The molecule has 1 N–H and O–H groups in total. The Kier molecular flexibility index (Phi) is 3.82. The van der Waals surface area contributed by atoms with Gasteiger partial charge in [-0.3, -0.25) is 0 Å². The first-order valence-electron chi connectivity index (χ1n) is 7.83. The summed E-state index contributed by atoms with van der Waals surface area (Å²) in [6.45, 7) is 1.03. The van der Waals surface area contributed by atoms with Crippen LogP contribution in [0, 0.1) is 11.6 Å². The monoisotopic (exact) mass is 321 g/mol. The van der Waals surface area contributed by atoms with Crippen LogP contribution in [0.1, 0.15) is 48.6 Å². The van der Waals surface area contributed by atoms with Gasteiger partial charge in [-0.15, -0.1) is 0 Å². The third-order valence-corrected chi connectivity index (χ3v) is 4.30. The molecule has 0 spiro atoms. The van der Waals surface area contributed by atoms with Gasteiger partial charge in [-0.1, -0.05) is 11.2 Å². The highest BCUT2D eigenvalue weighted by Gasteiger charge is 2.32. The molecule has 1 saturated heterocycles. The lowest BCUT2D eigenvalue weighted by Gasteiger charge is -2.19. The fourth-order valence-electron chi connectivity index (χ4n) is 2.87. The van der Waals surface area contributed by atoms with Crippen molar-refractivity contribution < 1.29 is 18.0 Å². The molecule has 4 rings (SSSR count). The van der Waals surface area contributed by atoms with Crippen LogP contribution in [0.15, 0.2) is 22.7 Å². The first-order chi connectivity index (χ1) is 11.2. The van der Waals surface area contributed by atoms with Gasteiger partial charge in [0, 0.05) is 18.6 Å². The summed E-state index contributed by atoms with van der Waals surface area (Å²) in [7, 11) is 0. The van der Waals surface area contributed by atoms with Gasteiger partial charge < -0.3 is 14.6 Å². The summed E-state index contributed by atoms with van der Waals surface area (Å²) in [6.07, 6.45) is 2.71. The van der Waals surface area contributed by atoms with Crippen LogP contribution < -0.4 is 5.32 Å². The third kappa shape index (κ3) is 3.11. The number of hydrogen-bond donors (Lipinski definition) is 1. The van der Waals surface area contributed by atoms with E-state index in [0.717, 1.165) is 25.3 Å². The first-order valence-corrected chi connectivity index (χ1v) is 7.83. The molecule has 7 heteroatoms. The van der Waals surface area contributed by atoms with Gasteiger partial charge in [0.25, 0.3) is 0 Å². The molecule has 1 aromatic heterocycles. The number of benzene rings is 1. The van der Waals surface area contributed by atoms with Crippen LogP contribution in [0.3, 0.4) is 0 Å². The SMILES string of the molecule is Fc1ccc([C@@H]2OCC[C@@H]2NCc2noc(C3CC3)n2)cc1F. The molecule has 1 saturated carbocycles. The molecule has 0 amide bonds. The molecule has 2 heterocycles. The highest BCUT2D eigenvalue weighted by atomic mass is 19.2. The predicted octanol–water partition coefficient (Wildman–Crippen LogP) is 2.85. The van der Waals surface area contributed by atoms with Crippen molar-refractivity contribution in [3.05, 3.63) is 47.1 Å². The Hall–Kier alpha value is -1.86. The van der Waals surface area contributed by atoms with Crippen LogP contribution in [0.25, 0.3) is 0 Å². The van der Waals surface area contributed by atoms with E-state index in [1.165, 1.54) is 6.07 Å². The second-order valence-corrected chi connectivity index (χ2v) is 6.06. The number of rotatable bonds is 5. The lowest BCUT2D eigenvalue weighted by atomic mass is 10.0. The summed E-state index contributed by atoms with van der Waals surface area (Å²) in [5, 5.41) is 7.29. The van der Waals surface area contributed by atoms with E-state index in [9.17, 15) is 8.78 Å². The van der Waals surface area contributed by atoms with Gasteiger partial charge in [-0.25, -0.2) is 8.78 Å². The standard InChI is InChI=1S/C16H17F2N3O2/c17-11-4-3-10(7-12(11)18)15-13(5-6-22-15)19-8-14-20-16(23-21-14)9-1-2-9/h3-4,7,9,13,15,19H,1-2,5-6,8H2/t13-,15-/m0/s1. The van der Waals surface area contributed by atoms with Crippen LogP contribution in [-0.2, 0) is 11.3 Å². The van der Waals surface area contributed by atoms with E-state index in [2.05, 4.69) is 15.5 Å².